The second kappa shape index (κ2) is 8.03. The lowest BCUT2D eigenvalue weighted by Crippen LogP contribution is -1.89. The van der Waals surface area contributed by atoms with Crippen LogP contribution in [-0.2, 0) is 0 Å². The first kappa shape index (κ1) is 19.7. The zero-order valence-corrected chi connectivity index (χ0v) is 17.2. The maximum absolute atomic E-state index is 10.8. The predicted molar refractivity (Wildman–Crippen MR) is 119 cm³/mol. The maximum Gasteiger partial charge on any atom is 0.269 e. The van der Waals surface area contributed by atoms with Crippen molar-refractivity contribution in [2.45, 2.75) is 6.92 Å². The number of benzene rings is 2. The molecule has 0 atom stereocenters. The van der Waals surface area contributed by atoms with Crippen molar-refractivity contribution in [3.63, 3.8) is 0 Å². The number of hydrogen-bond donors (Lipinski definition) is 0. The van der Waals surface area contributed by atoms with Crippen LogP contribution >= 0.6 is 22.9 Å². The van der Waals surface area contributed by atoms with Crippen LogP contribution in [0.2, 0.25) is 5.15 Å². The minimum absolute atomic E-state index is 0.0143. The van der Waals surface area contributed by atoms with Crippen molar-refractivity contribution in [2.24, 2.45) is 0 Å². The molecule has 0 fully saturated rings. The van der Waals surface area contributed by atoms with Crippen molar-refractivity contribution in [1.82, 2.24) is 9.97 Å². The average Bonchev–Trinajstić information content (AvgIpc) is 3.23. The highest BCUT2D eigenvalue weighted by atomic mass is 35.5. The first-order valence-corrected chi connectivity index (χ1v) is 10.1. The minimum atomic E-state index is -0.449. The number of aryl methyl sites for hydroxylation is 1. The summed E-state index contributed by atoms with van der Waals surface area (Å²) in [5, 5.41) is 24.1. The summed E-state index contributed by atoms with van der Waals surface area (Å²) in [6.07, 6.45) is 1.68. The van der Waals surface area contributed by atoms with Crippen molar-refractivity contribution in [1.29, 1.82) is 5.26 Å². The van der Waals surface area contributed by atoms with Gasteiger partial charge in [0, 0.05) is 34.0 Å². The summed E-state index contributed by atoms with van der Waals surface area (Å²) in [7, 11) is 0. The van der Waals surface area contributed by atoms with Crippen molar-refractivity contribution in [3.05, 3.63) is 85.3 Å². The van der Waals surface area contributed by atoms with Gasteiger partial charge in [-0.25, -0.2) is 9.97 Å². The molecular formula is C22H13ClN4O2S. The quantitative estimate of drug-likeness (QED) is 0.163. The molecule has 30 heavy (non-hydrogen) atoms. The van der Waals surface area contributed by atoms with E-state index in [0.717, 1.165) is 22.0 Å². The van der Waals surface area contributed by atoms with Crippen molar-refractivity contribution in [2.75, 3.05) is 0 Å². The van der Waals surface area contributed by atoms with Crippen LogP contribution in [0, 0.1) is 28.4 Å². The highest BCUT2D eigenvalue weighted by Gasteiger charge is 2.13. The maximum atomic E-state index is 10.8. The Labute approximate surface area is 180 Å². The number of non-ortho nitro benzene ring substituents is 1. The molecule has 0 bridgehead atoms. The molecule has 0 aliphatic heterocycles. The summed E-state index contributed by atoms with van der Waals surface area (Å²) in [5.74, 6) is 0. The zero-order chi connectivity index (χ0) is 21.3. The number of para-hydroxylation sites is 1. The second-order valence-electron chi connectivity index (χ2n) is 6.53. The van der Waals surface area contributed by atoms with E-state index < -0.39 is 4.92 Å². The summed E-state index contributed by atoms with van der Waals surface area (Å²) in [5.41, 5.74) is 4.25. The number of thiazole rings is 1. The van der Waals surface area contributed by atoms with Crippen LogP contribution in [0.25, 0.3) is 33.8 Å². The van der Waals surface area contributed by atoms with E-state index in [-0.39, 0.29) is 5.69 Å². The van der Waals surface area contributed by atoms with Crippen molar-refractivity contribution in [3.8, 4) is 17.3 Å². The summed E-state index contributed by atoms with van der Waals surface area (Å²) >= 11 is 7.69. The van der Waals surface area contributed by atoms with Crippen LogP contribution in [-0.4, -0.2) is 14.9 Å². The average molecular weight is 433 g/mol. The monoisotopic (exact) mass is 432 g/mol. The van der Waals surface area contributed by atoms with E-state index in [2.05, 4.69) is 16.0 Å². The summed E-state index contributed by atoms with van der Waals surface area (Å²) in [6.45, 7) is 1.97. The molecule has 2 aromatic carbocycles. The Bertz CT molecular complexity index is 1350. The Kier molecular flexibility index (Phi) is 5.27. The normalized spacial score (nSPS) is 11.4. The molecule has 0 radical (unpaired) electrons. The molecular weight excluding hydrogens is 420 g/mol. The lowest BCUT2D eigenvalue weighted by Gasteiger charge is -2.05. The van der Waals surface area contributed by atoms with E-state index in [1.807, 2.05) is 36.6 Å². The SMILES string of the molecule is Cc1cccc2cc(/C=C(\C#N)c3nc(-c4ccc([N+](=O)[O-])cc4)cs3)c(Cl)nc12. The van der Waals surface area contributed by atoms with E-state index in [0.29, 0.717) is 27.0 Å². The molecule has 0 aliphatic rings. The fourth-order valence-corrected chi connectivity index (χ4v) is 4.01. The third kappa shape index (κ3) is 3.79. The van der Waals surface area contributed by atoms with Gasteiger partial charge in [-0.05, 0) is 36.8 Å². The van der Waals surface area contributed by atoms with E-state index in [9.17, 15) is 15.4 Å². The second-order valence-corrected chi connectivity index (χ2v) is 7.74. The Balaban J connectivity index is 1.71. The standard InChI is InChI=1S/C22H13ClN4O2S/c1-13-3-2-4-15-9-16(21(23)26-20(13)15)10-17(11-24)22-25-19(12-30-22)14-5-7-18(8-6-14)27(28)29/h2-10,12H,1H3/b17-10+. The van der Waals surface area contributed by atoms with Gasteiger partial charge in [-0.1, -0.05) is 29.8 Å². The van der Waals surface area contributed by atoms with E-state index >= 15 is 0 Å². The first-order chi connectivity index (χ1) is 14.5. The Morgan fingerprint density at radius 2 is 2.00 bits per heavy atom. The van der Waals surface area contributed by atoms with E-state index in [1.165, 1.54) is 23.5 Å². The summed E-state index contributed by atoms with van der Waals surface area (Å²) in [6, 6.07) is 16.1. The van der Waals surface area contributed by atoms with Crippen LogP contribution in [0.5, 0.6) is 0 Å². The molecule has 8 heteroatoms. The van der Waals surface area contributed by atoms with Crippen molar-refractivity contribution < 1.29 is 4.92 Å². The number of halogens is 1. The van der Waals surface area contributed by atoms with E-state index in [1.54, 1.807) is 18.2 Å². The zero-order valence-electron chi connectivity index (χ0n) is 15.7. The highest BCUT2D eigenvalue weighted by molar-refractivity contribution is 7.11. The third-order valence-electron chi connectivity index (χ3n) is 4.56. The molecule has 2 heterocycles. The predicted octanol–water partition coefficient (Wildman–Crippen LogP) is 6.29. The first-order valence-electron chi connectivity index (χ1n) is 8.84. The summed E-state index contributed by atoms with van der Waals surface area (Å²) in [4.78, 5) is 19.4. The number of fused-ring (bicyclic) bond motifs is 1. The molecule has 0 unspecified atom stereocenters. The number of nitriles is 1. The molecule has 6 nitrogen and oxygen atoms in total. The number of aromatic nitrogens is 2. The molecule has 2 aromatic heterocycles. The molecule has 4 aromatic rings. The number of nitro groups is 1. The van der Waals surface area contributed by atoms with Gasteiger partial charge >= 0.3 is 0 Å². The number of nitrogens with zero attached hydrogens (tertiary/aromatic N) is 4. The minimum Gasteiger partial charge on any atom is -0.258 e. The largest absolute Gasteiger partial charge is 0.269 e. The van der Waals surface area contributed by atoms with E-state index in [4.69, 9.17) is 11.6 Å². The van der Waals surface area contributed by atoms with Gasteiger partial charge in [-0.2, -0.15) is 5.26 Å². The number of pyridine rings is 1. The van der Waals surface area contributed by atoms with Crippen LogP contribution < -0.4 is 0 Å². The molecule has 0 saturated heterocycles. The molecule has 0 spiro atoms. The third-order valence-corrected chi connectivity index (χ3v) is 5.74. The summed E-state index contributed by atoms with van der Waals surface area (Å²) < 4.78 is 0. The topological polar surface area (TPSA) is 92.7 Å². The van der Waals surface area contributed by atoms with Crippen molar-refractivity contribution >= 4 is 51.2 Å². The molecule has 0 aliphatic carbocycles. The van der Waals surface area contributed by atoms with Gasteiger partial charge in [0.05, 0.1) is 21.7 Å². The van der Waals surface area contributed by atoms with Crippen LogP contribution in [0.1, 0.15) is 16.1 Å². The van der Waals surface area contributed by atoms with Gasteiger partial charge in [0.25, 0.3) is 5.69 Å². The van der Waals surface area contributed by atoms with Gasteiger partial charge in [-0.3, -0.25) is 10.1 Å². The number of nitro benzene ring substituents is 1. The highest BCUT2D eigenvalue weighted by Crippen LogP contribution is 2.30. The molecule has 4 rings (SSSR count). The van der Waals surface area contributed by atoms with Gasteiger partial charge in [0.1, 0.15) is 16.2 Å². The Morgan fingerprint density at radius 1 is 1.23 bits per heavy atom. The number of hydrogen-bond acceptors (Lipinski definition) is 6. The number of allylic oxidation sites excluding steroid dienone is 1. The lowest BCUT2D eigenvalue weighted by molar-refractivity contribution is -0.384. The smallest absolute Gasteiger partial charge is 0.258 e. The Morgan fingerprint density at radius 3 is 2.70 bits per heavy atom. The van der Waals surface area contributed by atoms with Gasteiger partial charge < -0.3 is 0 Å². The van der Waals surface area contributed by atoms with Gasteiger partial charge in [-0.15, -0.1) is 11.3 Å². The molecule has 146 valence electrons. The van der Waals surface area contributed by atoms with Gasteiger partial charge in [0.2, 0.25) is 0 Å². The molecule has 0 amide bonds. The fraction of sp³-hybridized carbons (Fsp3) is 0.0455. The molecule has 0 N–H and O–H groups in total. The number of rotatable bonds is 4. The van der Waals surface area contributed by atoms with Crippen LogP contribution in [0.3, 0.4) is 0 Å². The lowest BCUT2D eigenvalue weighted by atomic mass is 10.1. The van der Waals surface area contributed by atoms with Crippen LogP contribution in [0.4, 0.5) is 5.69 Å². The Hall–Kier alpha value is -3.60. The fourth-order valence-electron chi connectivity index (χ4n) is 3.02. The molecule has 0 saturated carbocycles. The van der Waals surface area contributed by atoms with Crippen LogP contribution in [0.15, 0.2) is 53.9 Å². The van der Waals surface area contributed by atoms with Gasteiger partial charge in [0.15, 0.2) is 0 Å².